The summed E-state index contributed by atoms with van der Waals surface area (Å²) >= 11 is 0. The van der Waals surface area contributed by atoms with Crippen LogP contribution in [0.2, 0.25) is 0 Å². The summed E-state index contributed by atoms with van der Waals surface area (Å²) in [6.07, 6.45) is -0.609. The quantitative estimate of drug-likeness (QED) is 0.402. The largest absolute Gasteiger partial charge is 0.416 e. The molecule has 0 radical (unpaired) electrons. The smallest absolute Gasteiger partial charge is 0.376 e. The molecule has 218 valence electrons. The molecule has 2 fully saturated rings. The second kappa shape index (κ2) is 11.2. The van der Waals surface area contributed by atoms with E-state index < -0.39 is 11.7 Å². The summed E-state index contributed by atoms with van der Waals surface area (Å²) in [5.74, 6) is 1.42. The van der Waals surface area contributed by atoms with E-state index in [9.17, 15) is 18.0 Å². The Bertz CT molecular complexity index is 1390. The second-order valence-corrected chi connectivity index (χ2v) is 11.2. The number of hydrogen-bond acceptors (Lipinski definition) is 6. The van der Waals surface area contributed by atoms with Crippen LogP contribution in [0.15, 0.2) is 29.1 Å². The molecule has 0 unspecified atom stereocenters. The highest BCUT2D eigenvalue weighted by Gasteiger charge is 2.37. The van der Waals surface area contributed by atoms with Crippen molar-refractivity contribution in [2.45, 2.75) is 90.3 Å². The zero-order valence-corrected chi connectivity index (χ0v) is 23.9. The van der Waals surface area contributed by atoms with Crippen LogP contribution in [0.5, 0.6) is 0 Å². The lowest BCUT2D eigenvalue weighted by atomic mass is 9.95. The van der Waals surface area contributed by atoms with Crippen molar-refractivity contribution in [3.8, 4) is 0 Å². The monoisotopic (exact) mass is 560 g/mol. The third kappa shape index (κ3) is 5.25. The number of nitrogens with zero attached hydrogens (tertiary/aromatic N) is 6. The maximum absolute atomic E-state index is 13.2. The third-order valence-electron chi connectivity index (χ3n) is 8.60. The van der Waals surface area contributed by atoms with Gasteiger partial charge in [-0.25, -0.2) is 9.78 Å². The summed E-state index contributed by atoms with van der Waals surface area (Å²) < 4.78 is 49.0. The van der Waals surface area contributed by atoms with Crippen molar-refractivity contribution in [1.29, 1.82) is 0 Å². The average Bonchev–Trinajstić information content (AvgIpc) is 3.55. The Balaban J connectivity index is 1.47. The standard InChI is InChI=1S/C29H39F3N6O2/c1-6-22-16-36(18(3)15-38(22)24(7-2)20-10-12-21(13-11-20)29(30,31)32)26-25-27(35(5)28(39)34-26)37(19(4)33-25)17-23-9-8-14-40-23/h10-13,18,22-24H,6-9,14-17H2,1-5H3/t18-,22+,23-,24+/m0/s1. The first-order valence-corrected chi connectivity index (χ1v) is 14.3. The molecule has 3 aromatic rings. The van der Waals surface area contributed by atoms with Crippen LogP contribution in [0.3, 0.4) is 0 Å². The van der Waals surface area contributed by atoms with E-state index in [-0.39, 0.29) is 29.9 Å². The Morgan fingerprint density at radius 1 is 1.12 bits per heavy atom. The highest BCUT2D eigenvalue weighted by atomic mass is 19.4. The fraction of sp³-hybridized carbons (Fsp3) is 0.621. The van der Waals surface area contributed by atoms with E-state index in [0.29, 0.717) is 31.0 Å². The number of benzene rings is 1. The summed E-state index contributed by atoms with van der Waals surface area (Å²) in [7, 11) is 1.74. The van der Waals surface area contributed by atoms with Gasteiger partial charge in [0.1, 0.15) is 17.0 Å². The Kier molecular flexibility index (Phi) is 7.98. The van der Waals surface area contributed by atoms with Gasteiger partial charge in [0, 0.05) is 44.9 Å². The molecule has 2 aliphatic rings. The second-order valence-electron chi connectivity index (χ2n) is 11.2. The Hall–Kier alpha value is -2.92. The van der Waals surface area contributed by atoms with Crippen LogP contribution in [0.25, 0.3) is 11.2 Å². The lowest BCUT2D eigenvalue weighted by Gasteiger charge is -2.48. The molecule has 8 nitrogen and oxygen atoms in total. The molecule has 0 N–H and O–H groups in total. The first-order valence-electron chi connectivity index (χ1n) is 14.3. The maximum Gasteiger partial charge on any atom is 0.416 e. The van der Waals surface area contributed by atoms with Gasteiger partial charge in [-0.05, 0) is 57.2 Å². The number of fused-ring (bicyclic) bond motifs is 1. The number of piperazine rings is 1. The number of aryl methyl sites for hydroxylation is 2. The van der Waals surface area contributed by atoms with Crippen molar-refractivity contribution in [1.82, 2.24) is 24.0 Å². The van der Waals surface area contributed by atoms with E-state index >= 15 is 0 Å². The molecule has 0 bridgehead atoms. The highest BCUT2D eigenvalue weighted by Crippen LogP contribution is 2.36. The number of rotatable bonds is 7. The number of anilines is 1. The lowest BCUT2D eigenvalue weighted by Crippen LogP contribution is -2.58. The number of imidazole rings is 1. The predicted octanol–water partition coefficient (Wildman–Crippen LogP) is 5.08. The predicted molar refractivity (Wildman–Crippen MR) is 149 cm³/mol. The van der Waals surface area contributed by atoms with Gasteiger partial charge in [0.2, 0.25) is 0 Å². The number of halogens is 3. The highest BCUT2D eigenvalue weighted by molar-refractivity contribution is 5.84. The fourth-order valence-corrected chi connectivity index (χ4v) is 6.42. The zero-order valence-electron chi connectivity index (χ0n) is 23.9. The summed E-state index contributed by atoms with van der Waals surface area (Å²) in [6.45, 7) is 11.0. The molecular formula is C29H39F3N6O2. The van der Waals surface area contributed by atoms with Crippen LogP contribution in [-0.2, 0) is 24.5 Å². The summed E-state index contributed by atoms with van der Waals surface area (Å²) in [6, 6.07) is 5.69. The summed E-state index contributed by atoms with van der Waals surface area (Å²) in [5, 5.41) is 0. The van der Waals surface area contributed by atoms with Crippen molar-refractivity contribution in [2.75, 3.05) is 24.6 Å². The van der Waals surface area contributed by atoms with Crippen LogP contribution >= 0.6 is 0 Å². The van der Waals surface area contributed by atoms with Gasteiger partial charge >= 0.3 is 11.9 Å². The van der Waals surface area contributed by atoms with E-state index in [1.807, 2.05) is 6.92 Å². The molecule has 0 amide bonds. The van der Waals surface area contributed by atoms with Gasteiger partial charge in [0.15, 0.2) is 5.82 Å². The first-order chi connectivity index (χ1) is 19.0. The molecule has 11 heteroatoms. The van der Waals surface area contributed by atoms with Gasteiger partial charge < -0.3 is 14.2 Å². The minimum Gasteiger partial charge on any atom is -0.376 e. The van der Waals surface area contributed by atoms with Crippen LogP contribution in [0.1, 0.15) is 69.4 Å². The van der Waals surface area contributed by atoms with Gasteiger partial charge in [-0.1, -0.05) is 26.0 Å². The van der Waals surface area contributed by atoms with Crippen LogP contribution < -0.4 is 10.6 Å². The molecule has 2 saturated heterocycles. The Labute approximate surface area is 232 Å². The Morgan fingerprint density at radius 3 is 2.45 bits per heavy atom. The normalized spacial score (nSPS) is 23.3. The van der Waals surface area contributed by atoms with Crippen molar-refractivity contribution < 1.29 is 17.9 Å². The number of aromatic nitrogens is 4. The number of ether oxygens (including phenoxy) is 1. The topological polar surface area (TPSA) is 68.4 Å². The van der Waals surface area contributed by atoms with Gasteiger partial charge in [0.25, 0.3) is 0 Å². The van der Waals surface area contributed by atoms with E-state index in [4.69, 9.17) is 9.72 Å². The van der Waals surface area contributed by atoms with Crippen molar-refractivity contribution in [2.24, 2.45) is 7.05 Å². The fourth-order valence-electron chi connectivity index (χ4n) is 6.42. The van der Waals surface area contributed by atoms with Crippen LogP contribution in [0, 0.1) is 6.92 Å². The van der Waals surface area contributed by atoms with Crippen molar-refractivity contribution in [3.63, 3.8) is 0 Å². The molecule has 2 aromatic heterocycles. The molecule has 4 atom stereocenters. The number of alkyl halides is 3. The lowest BCUT2D eigenvalue weighted by molar-refractivity contribution is -0.137. The van der Waals surface area contributed by atoms with Crippen molar-refractivity contribution >= 4 is 17.0 Å². The van der Waals surface area contributed by atoms with Gasteiger partial charge in [-0.15, -0.1) is 0 Å². The average molecular weight is 561 g/mol. The van der Waals surface area contributed by atoms with Crippen LogP contribution in [0.4, 0.5) is 19.0 Å². The molecule has 2 aliphatic heterocycles. The SMILES string of the molecule is CC[C@@H]1CN(c2nc(=O)n(C)c3c2nc(C)n3C[C@@H]2CCCO2)[C@@H](C)CN1[C@H](CC)c1ccc(C(F)(F)F)cc1. The van der Waals surface area contributed by atoms with Crippen LogP contribution in [-0.4, -0.2) is 61.9 Å². The molecule has 5 rings (SSSR count). The van der Waals surface area contributed by atoms with E-state index in [2.05, 4.69) is 40.1 Å². The zero-order chi connectivity index (χ0) is 28.8. The first kappa shape index (κ1) is 28.6. The summed E-state index contributed by atoms with van der Waals surface area (Å²) in [4.78, 5) is 27.1. The minimum atomic E-state index is -4.35. The molecule has 0 aliphatic carbocycles. The van der Waals surface area contributed by atoms with Gasteiger partial charge in [-0.2, -0.15) is 18.2 Å². The van der Waals surface area contributed by atoms with Gasteiger partial charge in [-0.3, -0.25) is 9.47 Å². The van der Waals surface area contributed by atoms with E-state index in [1.54, 1.807) is 23.7 Å². The molecule has 0 spiro atoms. The molecule has 1 aromatic carbocycles. The minimum absolute atomic E-state index is 0.0118. The molecule has 4 heterocycles. The molecular weight excluding hydrogens is 521 g/mol. The summed E-state index contributed by atoms with van der Waals surface area (Å²) in [5.41, 5.74) is 1.39. The molecule has 40 heavy (non-hydrogen) atoms. The van der Waals surface area contributed by atoms with Crippen molar-refractivity contribution in [3.05, 3.63) is 51.7 Å². The maximum atomic E-state index is 13.2. The van der Waals surface area contributed by atoms with E-state index in [0.717, 1.165) is 49.3 Å². The molecule has 0 saturated carbocycles. The van der Waals surface area contributed by atoms with Gasteiger partial charge in [0.05, 0.1) is 18.2 Å². The third-order valence-corrected chi connectivity index (χ3v) is 8.60. The number of hydrogen-bond donors (Lipinski definition) is 0. The van der Waals surface area contributed by atoms with E-state index in [1.165, 1.54) is 12.1 Å². The Morgan fingerprint density at radius 2 is 1.85 bits per heavy atom.